The molecule has 8 heteroatoms. The van der Waals surface area contributed by atoms with Crippen LogP contribution in [0, 0.1) is 0 Å². The van der Waals surface area contributed by atoms with Crippen molar-refractivity contribution >= 4 is 28.2 Å². The maximum Gasteiger partial charge on any atom is 0.209 e. The molecule has 0 radical (unpaired) electrons. The minimum atomic E-state index is -0.0658. The van der Waals surface area contributed by atoms with E-state index in [1.807, 2.05) is 42.9 Å². The Morgan fingerprint density at radius 1 is 0.938 bits per heavy atom. The standard InChI is InChI=1S/C24H28N8/c1-29(2)23-15-21(25)28-24(31-13-11-30(12-14-31)22-9-5-6-10-27-22)32(23)20-17-26-16-18-7-3-4-8-19(18)20/h3-10,15-17,23H,11-14,25H2,1-2H3. The van der Waals surface area contributed by atoms with Gasteiger partial charge >= 0.3 is 0 Å². The molecule has 0 saturated carbocycles. The first-order valence-electron chi connectivity index (χ1n) is 10.9. The number of pyridine rings is 2. The zero-order valence-electron chi connectivity index (χ0n) is 18.5. The highest BCUT2D eigenvalue weighted by Crippen LogP contribution is 2.31. The van der Waals surface area contributed by atoms with Crippen molar-refractivity contribution in [3.8, 4) is 0 Å². The number of fused-ring (bicyclic) bond motifs is 1. The van der Waals surface area contributed by atoms with Crippen LogP contribution in [-0.2, 0) is 0 Å². The highest BCUT2D eigenvalue weighted by molar-refractivity contribution is 6.06. The van der Waals surface area contributed by atoms with Gasteiger partial charge in [-0.25, -0.2) is 4.98 Å². The van der Waals surface area contributed by atoms with E-state index < -0.39 is 0 Å². The SMILES string of the molecule is CN(C)C1C=C(N)N=C(N2CCN(c3ccccn3)CC2)N1c1cncc2ccccc12. The number of hydrogen-bond donors (Lipinski definition) is 1. The predicted octanol–water partition coefficient (Wildman–Crippen LogP) is 2.32. The second-order valence-electron chi connectivity index (χ2n) is 8.29. The second-order valence-corrected chi connectivity index (χ2v) is 8.29. The molecular weight excluding hydrogens is 400 g/mol. The van der Waals surface area contributed by atoms with Gasteiger partial charge in [-0.05, 0) is 32.3 Å². The monoisotopic (exact) mass is 428 g/mol. The molecule has 1 aromatic carbocycles. The molecule has 2 aliphatic heterocycles. The van der Waals surface area contributed by atoms with E-state index in [0.29, 0.717) is 5.82 Å². The van der Waals surface area contributed by atoms with Crippen LogP contribution in [0.3, 0.4) is 0 Å². The minimum Gasteiger partial charge on any atom is -0.384 e. The van der Waals surface area contributed by atoms with Crippen molar-refractivity contribution in [3.63, 3.8) is 0 Å². The summed E-state index contributed by atoms with van der Waals surface area (Å²) in [5, 5.41) is 2.24. The number of nitrogens with zero attached hydrogens (tertiary/aromatic N) is 7. The van der Waals surface area contributed by atoms with Crippen LogP contribution >= 0.6 is 0 Å². The normalized spacial score (nSPS) is 19.3. The molecule has 0 amide bonds. The number of benzene rings is 1. The van der Waals surface area contributed by atoms with E-state index in [9.17, 15) is 0 Å². The molecule has 1 fully saturated rings. The molecule has 1 saturated heterocycles. The molecule has 2 aromatic heterocycles. The van der Waals surface area contributed by atoms with E-state index in [2.05, 4.69) is 67.9 Å². The third-order valence-electron chi connectivity index (χ3n) is 6.00. The third kappa shape index (κ3) is 3.73. The number of nitrogens with two attached hydrogens (primary N) is 1. The fraction of sp³-hybridized carbons (Fsp3) is 0.292. The number of aromatic nitrogens is 2. The number of anilines is 2. The molecule has 1 atom stereocenters. The lowest BCUT2D eigenvalue weighted by Crippen LogP contribution is -2.59. The van der Waals surface area contributed by atoms with Gasteiger partial charge < -0.3 is 15.5 Å². The molecule has 8 nitrogen and oxygen atoms in total. The number of piperazine rings is 1. The number of likely N-dealkylation sites (N-methyl/N-ethyl adjacent to an activating group) is 1. The summed E-state index contributed by atoms with van der Waals surface area (Å²) in [5.41, 5.74) is 7.31. The van der Waals surface area contributed by atoms with Gasteiger partial charge in [0.05, 0.1) is 11.9 Å². The molecule has 1 unspecified atom stereocenters. The number of hydrogen-bond acceptors (Lipinski definition) is 8. The third-order valence-corrected chi connectivity index (χ3v) is 6.00. The van der Waals surface area contributed by atoms with E-state index in [1.54, 1.807) is 0 Å². The lowest BCUT2D eigenvalue weighted by Gasteiger charge is -2.45. The smallest absolute Gasteiger partial charge is 0.209 e. The van der Waals surface area contributed by atoms with Gasteiger partial charge in [0.2, 0.25) is 5.96 Å². The predicted molar refractivity (Wildman–Crippen MR) is 129 cm³/mol. The van der Waals surface area contributed by atoms with Crippen molar-refractivity contribution in [2.24, 2.45) is 10.7 Å². The van der Waals surface area contributed by atoms with Gasteiger partial charge in [-0.15, -0.1) is 0 Å². The Balaban J connectivity index is 1.50. The highest BCUT2D eigenvalue weighted by atomic mass is 15.5. The van der Waals surface area contributed by atoms with Gasteiger partial charge in [-0.3, -0.25) is 14.8 Å². The van der Waals surface area contributed by atoms with Crippen LogP contribution < -0.4 is 15.5 Å². The summed E-state index contributed by atoms with van der Waals surface area (Å²) in [5.74, 6) is 2.41. The van der Waals surface area contributed by atoms with E-state index in [0.717, 1.165) is 54.4 Å². The average Bonchev–Trinajstić information content (AvgIpc) is 2.84. The zero-order chi connectivity index (χ0) is 22.1. The van der Waals surface area contributed by atoms with Crippen LogP contribution in [0.15, 0.2) is 77.9 Å². The Hall–Kier alpha value is -3.65. The molecule has 0 bridgehead atoms. The van der Waals surface area contributed by atoms with Crippen LogP contribution in [0.4, 0.5) is 11.5 Å². The second kappa shape index (κ2) is 8.47. The Bertz CT molecular complexity index is 1140. The molecule has 2 aliphatic rings. The summed E-state index contributed by atoms with van der Waals surface area (Å²) < 4.78 is 0. The van der Waals surface area contributed by atoms with E-state index in [1.165, 1.54) is 0 Å². The topological polar surface area (TPSA) is 77.1 Å². The molecule has 4 heterocycles. The fourth-order valence-electron chi connectivity index (χ4n) is 4.37. The van der Waals surface area contributed by atoms with Crippen LogP contribution in [0.2, 0.25) is 0 Å². The summed E-state index contributed by atoms with van der Waals surface area (Å²) in [7, 11) is 4.11. The van der Waals surface area contributed by atoms with Crippen molar-refractivity contribution in [3.05, 3.63) is 73.0 Å². The zero-order valence-corrected chi connectivity index (χ0v) is 18.5. The Labute approximate surface area is 188 Å². The van der Waals surface area contributed by atoms with Gasteiger partial charge in [0.15, 0.2) is 0 Å². The van der Waals surface area contributed by atoms with Crippen molar-refractivity contribution < 1.29 is 0 Å². The Morgan fingerprint density at radius 3 is 2.44 bits per heavy atom. The summed E-state index contributed by atoms with van der Waals surface area (Å²) >= 11 is 0. The largest absolute Gasteiger partial charge is 0.384 e. The van der Waals surface area contributed by atoms with E-state index in [-0.39, 0.29) is 6.17 Å². The van der Waals surface area contributed by atoms with Crippen molar-refractivity contribution in [2.45, 2.75) is 6.17 Å². The Kier molecular flexibility index (Phi) is 5.36. The van der Waals surface area contributed by atoms with Gasteiger partial charge in [0.25, 0.3) is 0 Å². The Morgan fingerprint density at radius 2 is 1.69 bits per heavy atom. The maximum absolute atomic E-state index is 6.29. The number of guanidine groups is 1. The van der Waals surface area contributed by atoms with Gasteiger partial charge in [-0.1, -0.05) is 30.3 Å². The summed E-state index contributed by atoms with van der Waals surface area (Å²) in [6.07, 6.45) is 7.60. The minimum absolute atomic E-state index is 0.0658. The van der Waals surface area contributed by atoms with Gasteiger partial charge in [0, 0.05) is 49.3 Å². The van der Waals surface area contributed by atoms with E-state index in [4.69, 9.17) is 10.7 Å². The molecule has 0 aliphatic carbocycles. The molecule has 32 heavy (non-hydrogen) atoms. The van der Waals surface area contributed by atoms with E-state index >= 15 is 0 Å². The van der Waals surface area contributed by atoms with Crippen molar-refractivity contribution in [1.82, 2.24) is 19.8 Å². The lowest BCUT2D eigenvalue weighted by atomic mass is 10.1. The first kappa shape index (κ1) is 20.3. The summed E-state index contributed by atoms with van der Waals surface area (Å²) in [6, 6.07) is 14.4. The molecule has 2 N–H and O–H groups in total. The quantitative estimate of drug-likeness (QED) is 0.686. The lowest BCUT2D eigenvalue weighted by molar-refractivity contribution is 0.322. The van der Waals surface area contributed by atoms with Crippen molar-refractivity contribution in [1.29, 1.82) is 0 Å². The molecule has 164 valence electrons. The first-order valence-corrected chi connectivity index (χ1v) is 10.9. The van der Waals surface area contributed by atoms with Crippen LogP contribution in [0.25, 0.3) is 10.8 Å². The maximum atomic E-state index is 6.29. The molecule has 0 spiro atoms. The number of aliphatic imine (C=N–C) groups is 1. The number of rotatable bonds is 3. The van der Waals surface area contributed by atoms with Crippen LogP contribution in [-0.4, -0.2) is 72.2 Å². The molecular formula is C24H28N8. The van der Waals surface area contributed by atoms with Crippen molar-refractivity contribution in [2.75, 3.05) is 50.1 Å². The molecule has 3 aromatic rings. The van der Waals surface area contributed by atoms with Gasteiger partial charge in [-0.2, -0.15) is 4.99 Å². The highest BCUT2D eigenvalue weighted by Gasteiger charge is 2.34. The average molecular weight is 429 g/mol. The molecule has 5 rings (SSSR count). The summed E-state index contributed by atoms with van der Waals surface area (Å²) in [4.78, 5) is 22.9. The van der Waals surface area contributed by atoms with Gasteiger partial charge in [0.1, 0.15) is 17.8 Å². The fourth-order valence-corrected chi connectivity index (χ4v) is 4.37. The first-order chi connectivity index (χ1) is 15.6. The van der Waals surface area contributed by atoms with Crippen LogP contribution in [0.5, 0.6) is 0 Å². The van der Waals surface area contributed by atoms with Crippen LogP contribution in [0.1, 0.15) is 0 Å². The summed E-state index contributed by atoms with van der Waals surface area (Å²) in [6.45, 7) is 3.40.